The van der Waals surface area contributed by atoms with E-state index in [1.54, 1.807) is 34.6 Å². The van der Waals surface area contributed by atoms with Crippen LogP contribution >= 0.6 is 0 Å². The van der Waals surface area contributed by atoms with Crippen molar-refractivity contribution in [1.82, 2.24) is 5.32 Å². The van der Waals surface area contributed by atoms with Gasteiger partial charge in [0.15, 0.2) is 0 Å². The van der Waals surface area contributed by atoms with Gasteiger partial charge in [-0.05, 0) is 26.7 Å². The monoisotopic (exact) mass is 259 g/mol. The summed E-state index contributed by atoms with van der Waals surface area (Å²) in [5.41, 5.74) is 4.30. The van der Waals surface area contributed by atoms with Crippen LogP contribution in [-0.4, -0.2) is 29.7 Å². The van der Waals surface area contributed by atoms with Gasteiger partial charge in [-0.25, -0.2) is 9.59 Å². The van der Waals surface area contributed by atoms with E-state index in [-0.39, 0.29) is 5.92 Å². The summed E-state index contributed by atoms with van der Waals surface area (Å²) in [6.07, 6.45) is -0.721. The highest BCUT2D eigenvalue weighted by atomic mass is 16.6. The van der Waals surface area contributed by atoms with Gasteiger partial charge in [-0.15, -0.1) is 0 Å². The molecule has 1 atom stereocenters. The fourth-order valence-electron chi connectivity index (χ4n) is 1.10. The highest BCUT2D eigenvalue weighted by molar-refractivity contribution is 5.90. The molecule has 0 rings (SSSR count). The van der Waals surface area contributed by atoms with Crippen LogP contribution in [-0.2, 0) is 14.3 Å². The number of amidine groups is 1. The lowest BCUT2D eigenvalue weighted by atomic mass is 10.1. The maximum absolute atomic E-state index is 11.6. The number of nitrogens with two attached hydrogens (primary N) is 1. The predicted octanol–water partition coefficient (Wildman–Crippen LogP) is 0.972. The molecule has 7 heteroatoms. The first kappa shape index (κ1) is 16.2. The van der Waals surface area contributed by atoms with E-state index < -0.39 is 29.7 Å². The van der Waals surface area contributed by atoms with Gasteiger partial charge >= 0.3 is 12.1 Å². The van der Waals surface area contributed by atoms with Crippen LogP contribution in [0.1, 0.15) is 34.6 Å². The van der Waals surface area contributed by atoms with Gasteiger partial charge in [0.2, 0.25) is 0 Å². The Bertz CT molecular complexity index is 334. The largest absolute Gasteiger partial charge is 0.444 e. The summed E-state index contributed by atoms with van der Waals surface area (Å²) in [5.74, 6) is -1.01. The second-order valence-electron chi connectivity index (χ2n) is 5.15. The van der Waals surface area contributed by atoms with Gasteiger partial charge in [-0.1, -0.05) is 13.8 Å². The van der Waals surface area contributed by atoms with Crippen molar-refractivity contribution < 1.29 is 19.1 Å². The number of esters is 1. The number of nitrogens with one attached hydrogen (secondary N) is 2. The van der Waals surface area contributed by atoms with Gasteiger partial charge in [-0.2, -0.15) is 0 Å². The van der Waals surface area contributed by atoms with Crippen LogP contribution in [0.5, 0.6) is 0 Å². The van der Waals surface area contributed by atoms with Crippen molar-refractivity contribution in [2.24, 2.45) is 11.7 Å². The lowest BCUT2D eigenvalue weighted by molar-refractivity contribution is -0.139. The van der Waals surface area contributed by atoms with Crippen molar-refractivity contribution in [3.63, 3.8) is 0 Å². The smallest absolute Gasteiger partial charge is 0.408 e. The Morgan fingerprint density at radius 2 is 1.78 bits per heavy atom. The summed E-state index contributed by atoms with van der Waals surface area (Å²) in [5, 5.41) is 9.27. The SMILES string of the molecule is CC(C)C(NC(=O)OC(C)(C)C)C(=O)OC(=N)N. The number of amides is 1. The number of carbonyl (C=O) groups excluding carboxylic acids is 2. The predicted molar refractivity (Wildman–Crippen MR) is 66.0 cm³/mol. The first-order valence-electron chi connectivity index (χ1n) is 5.58. The van der Waals surface area contributed by atoms with E-state index in [1.807, 2.05) is 0 Å². The van der Waals surface area contributed by atoms with Crippen LogP contribution in [0.2, 0.25) is 0 Å². The van der Waals surface area contributed by atoms with Gasteiger partial charge < -0.3 is 20.5 Å². The molecule has 0 radical (unpaired) electrons. The maximum atomic E-state index is 11.6. The fraction of sp³-hybridized carbons (Fsp3) is 0.727. The highest BCUT2D eigenvalue weighted by Gasteiger charge is 2.28. The number of ether oxygens (including phenoxy) is 2. The number of rotatable bonds is 3. The Labute approximate surface area is 107 Å². The van der Waals surface area contributed by atoms with Crippen LogP contribution in [0.15, 0.2) is 0 Å². The lowest BCUT2D eigenvalue weighted by Gasteiger charge is -2.24. The number of hydrogen-bond donors (Lipinski definition) is 3. The standard InChI is InChI=1S/C11H21N3O4/c1-6(2)7(8(15)17-9(12)13)14-10(16)18-11(3,4)5/h6-7H,1-5H3,(H3,12,13)(H,14,16). The summed E-state index contributed by atoms with van der Waals surface area (Å²) in [7, 11) is 0. The quantitative estimate of drug-likeness (QED) is 0.397. The molecule has 4 N–H and O–H groups in total. The van der Waals surface area contributed by atoms with Crippen molar-refractivity contribution in [3.8, 4) is 0 Å². The zero-order chi connectivity index (χ0) is 14.5. The van der Waals surface area contributed by atoms with E-state index >= 15 is 0 Å². The van der Waals surface area contributed by atoms with Gasteiger partial charge in [-0.3, -0.25) is 5.41 Å². The molecule has 104 valence electrons. The van der Waals surface area contributed by atoms with Crippen molar-refractivity contribution >= 4 is 18.1 Å². The molecule has 0 bridgehead atoms. The van der Waals surface area contributed by atoms with Crippen molar-refractivity contribution in [1.29, 1.82) is 5.41 Å². The third kappa shape index (κ3) is 6.72. The van der Waals surface area contributed by atoms with Crippen molar-refractivity contribution in [3.05, 3.63) is 0 Å². The zero-order valence-corrected chi connectivity index (χ0v) is 11.4. The summed E-state index contributed by atoms with van der Waals surface area (Å²) in [6, 6.07) is -1.62. The summed E-state index contributed by atoms with van der Waals surface area (Å²) in [6.45, 7) is 8.59. The molecular weight excluding hydrogens is 238 g/mol. The minimum Gasteiger partial charge on any atom is -0.444 e. The molecule has 7 nitrogen and oxygen atoms in total. The van der Waals surface area contributed by atoms with Crippen LogP contribution in [0.25, 0.3) is 0 Å². The van der Waals surface area contributed by atoms with E-state index in [0.717, 1.165) is 0 Å². The third-order valence-electron chi connectivity index (χ3n) is 1.80. The molecule has 0 aliphatic rings. The summed E-state index contributed by atoms with van der Waals surface area (Å²) in [4.78, 5) is 23.1. The van der Waals surface area contributed by atoms with Crippen molar-refractivity contribution in [2.45, 2.75) is 46.3 Å². The molecule has 0 spiro atoms. The van der Waals surface area contributed by atoms with Crippen molar-refractivity contribution in [2.75, 3.05) is 0 Å². The summed E-state index contributed by atoms with van der Waals surface area (Å²) < 4.78 is 9.49. The van der Waals surface area contributed by atoms with Crippen LogP contribution in [0.3, 0.4) is 0 Å². The number of hydrogen-bond acceptors (Lipinski definition) is 5. The van der Waals surface area contributed by atoms with E-state index in [9.17, 15) is 9.59 Å². The Morgan fingerprint density at radius 3 is 2.11 bits per heavy atom. The van der Waals surface area contributed by atoms with Crippen LogP contribution in [0, 0.1) is 11.3 Å². The molecule has 0 saturated heterocycles. The molecule has 0 aromatic rings. The molecule has 18 heavy (non-hydrogen) atoms. The molecule has 0 fully saturated rings. The number of alkyl carbamates (subject to hydrolysis) is 1. The number of carbonyl (C=O) groups is 2. The van der Waals surface area contributed by atoms with Gasteiger partial charge in [0, 0.05) is 0 Å². The summed E-state index contributed by atoms with van der Waals surface area (Å²) >= 11 is 0. The van der Waals surface area contributed by atoms with E-state index in [0.29, 0.717) is 0 Å². The molecule has 0 heterocycles. The molecule has 1 unspecified atom stereocenters. The van der Waals surface area contributed by atoms with E-state index in [1.165, 1.54) is 0 Å². The Hall–Kier alpha value is -1.79. The average molecular weight is 259 g/mol. The topological polar surface area (TPSA) is 114 Å². The van der Waals surface area contributed by atoms with E-state index in [2.05, 4.69) is 10.1 Å². The molecule has 0 aromatic carbocycles. The molecule has 0 aromatic heterocycles. The molecule has 0 aliphatic carbocycles. The minimum absolute atomic E-state index is 0.218. The second-order valence-corrected chi connectivity index (χ2v) is 5.15. The first-order valence-corrected chi connectivity index (χ1v) is 5.58. The maximum Gasteiger partial charge on any atom is 0.408 e. The minimum atomic E-state index is -0.913. The lowest BCUT2D eigenvalue weighted by Crippen LogP contribution is -2.48. The molecule has 0 aliphatic heterocycles. The van der Waals surface area contributed by atoms with Crippen LogP contribution < -0.4 is 11.1 Å². The van der Waals surface area contributed by atoms with Gasteiger partial charge in [0.05, 0.1) is 0 Å². The van der Waals surface area contributed by atoms with Gasteiger partial charge in [0.25, 0.3) is 6.02 Å². The Morgan fingerprint density at radius 1 is 1.28 bits per heavy atom. The molecule has 1 amide bonds. The third-order valence-corrected chi connectivity index (χ3v) is 1.80. The normalized spacial score (nSPS) is 12.8. The molecule has 0 saturated carbocycles. The zero-order valence-electron chi connectivity index (χ0n) is 11.4. The fourth-order valence-corrected chi connectivity index (χ4v) is 1.10. The second kappa shape index (κ2) is 6.23. The Kier molecular flexibility index (Phi) is 5.61. The first-order chi connectivity index (χ1) is 8.03. The molecular formula is C11H21N3O4. The highest BCUT2D eigenvalue weighted by Crippen LogP contribution is 2.09. The van der Waals surface area contributed by atoms with E-state index in [4.69, 9.17) is 15.9 Å². The van der Waals surface area contributed by atoms with Gasteiger partial charge in [0.1, 0.15) is 11.6 Å². The van der Waals surface area contributed by atoms with Crippen LogP contribution in [0.4, 0.5) is 4.79 Å². The Balaban J connectivity index is 4.59. The average Bonchev–Trinajstić information content (AvgIpc) is 2.09.